The first-order valence-electron chi connectivity index (χ1n) is 6.12. The lowest BCUT2D eigenvalue weighted by Crippen LogP contribution is -1.87. The van der Waals surface area contributed by atoms with Crippen molar-refractivity contribution in [2.24, 2.45) is 0 Å². The summed E-state index contributed by atoms with van der Waals surface area (Å²) in [6.07, 6.45) is 1.72. The minimum atomic E-state index is -0.263. The molecule has 0 aliphatic rings. The number of H-pyrrole nitrogens is 1. The molecule has 0 aliphatic heterocycles. The molecule has 1 N–H and O–H groups in total. The van der Waals surface area contributed by atoms with Crippen LogP contribution in [-0.2, 0) is 9.59 Å². The van der Waals surface area contributed by atoms with E-state index in [1.807, 2.05) is 6.07 Å². The average molecular weight is 299 g/mol. The predicted molar refractivity (Wildman–Crippen MR) is 73.3 cm³/mol. The van der Waals surface area contributed by atoms with Gasteiger partial charge in [-0.15, -0.1) is 5.10 Å². The fraction of sp³-hybridized carbons (Fsp3) is 0. The first kappa shape index (κ1) is 15.1. The van der Waals surface area contributed by atoms with E-state index in [1.165, 1.54) is 12.3 Å². The van der Waals surface area contributed by atoms with Crippen LogP contribution in [-0.4, -0.2) is 21.6 Å². The lowest BCUT2D eigenvalue weighted by Gasteiger charge is -2.06. The van der Waals surface area contributed by atoms with Gasteiger partial charge in [-0.3, -0.25) is 0 Å². The molecule has 6 nitrogen and oxygen atoms in total. The van der Waals surface area contributed by atoms with Crippen LogP contribution in [0.4, 0.5) is 4.39 Å². The van der Waals surface area contributed by atoms with Crippen LogP contribution in [0, 0.1) is 5.82 Å². The maximum absolute atomic E-state index is 13.7. The second kappa shape index (κ2) is 7.47. The van der Waals surface area contributed by atoms with E-state index in [1.54, 1.807) is 36.4 Å². The summed E-state index contributed by atoms with van der Waals surface area (Å²) in [6, 6.07) is 13.8. The third-order valence-electron chi connectivity index (χ3n) is 2.63. The summed E-state index contributed by atoms with van der Waals surface area (Å²) in [5.41, 5.74) is 1.28. The molecule has 1 heterocycles. The maximum atomic E-state index is 13.7. The molecule has 2 aromatic carbocycles. The fourth-order valence-corrected chi connectivity index (χ4v) is 1.78. The van der Waals surface area contributed by atoms with Gasteiger partial charge in [0.15, 0.2) is 0 Å². The Morgan fingerprint density at radius 2 is 1.86 bits per heavy atom. The topological polar surface area (TPSA) is 84.9 Å². The van der Waals surface area contributed by atoms with Crippen molar-refractivity contribution in [3.05, 3.63) is 60.5 Å². The van der Waals surface area contributed by atoms with Gasteiger partial charge in [-0.1, -0.05) is 30.3 Å². The van der Waals surface area contributed by atoms with Crippen LogP contribution in [0.5, 0.6) is 11.6 Å². The molecule has 0 unspecified atom stereocenters. The number of halogens is 1. The number of benzene rings is 2. The number of hydrogen-bond acceptors (Lipinski definition) is 5. The average Bonchev–Trinajstić information content (AvgIpc) is 3.02. The summed E-state index contributed by atoms with van der Waals surface area (Å²) in [6.45, 7) is 0. The van der Waals surface area contributed by atoms with Gasteiger partial charge < -0.3 is 4.74 Å². The van der Waals surface area contributed by atoms with Crippen LogP contribution in [0.1, 0.15) is 0 Å². The molecule has 0 aliphatic carbocycles. The Morgan fingerprint density at radius 1 is 1.09 bits per heavy atom. The highest BCUT2D eigenvalue weighted by Crippen LogP contribution is 2.27. The van der Waals surface area contributed by atoms with Crippen molar-refractivity contribution >= 4 is 6.15 Å². The summed E-state index contributed by atoms with van der Waals surface area (Å²) < 4.78 is 19.2. The van der Waals surface area contributed by atoms with E-state index in [-0.39, 0.29) is 12.0 Å². The molecular formula is C15H10FN3O3. The lowest BCUT2D eigenvalue weighted by atomic mass is 10.1. The van der Waals surface area contributed by atoms with Gasteiger partial charge in [-0.2, -0.15) is 19.9 Å². The highest BCUT2D eigenvalue weighted by Gasteiger charge is 2.06. The van der Waals surface area contributed by atoms with Gasteiger partial charge in [0.1, 0.15) is 17.8 Å². The van der Waals surface area contributed by atoms with Gasteiger partial charge in [-0.25, -0.2) is 4.39 Å². The molecule has 110 valence electrons. The van der Waals surface area contributed by atoms with Crippen molar-refractivity contribution < 1.29 is 18.7 Å². The molecule has 0 amide bonds. The first-order valence-corrected chi connectivity index (χ1v) is 6.12. The SMILES string of the molecule is Fc1ccccc1-c1cccc(Oc2cn[nH]n2)c1.O=C=O. The minimum Gasteiger partial charge on any atom is -0.436 e. The van der Waals surface area contributed by atoms with Crippen molar-refractivity contribution in [3.8, 4) is 22.8 Å². The molecule has 0 saturated carbocycles. The summed E-state index contributed by atoms with van der Waals surface area (Å²) >= 11 is 0. The van der Waals surface area contributed by atoms with Crippen LogP contribution >= 0.6 is 0 Å². The number of hydrogen-bond donors (Lipinski definition) is 1. The highest BCUT2D eigenvalue weighted by molar-refractivity contribution is 5.65. The van der Waals surface area contributed by atoms with E-state index >= 15 is 0 Å². The summed E-state index contributed by atoms with van der Waals surface area (Å²) in [7, 11) is 0. The standard InChI is InChI=1S/C14H10FN3O.CO2/c15-13-7-2-1-6-12(13)10-4-3-5-11(8-10)19-14-9-16-18-17-14;2-1-3/h1-9H,(H,16,17,18);. The molecule has 3 rings (SSSR count). The van der Waals surface area contributed by atoms with Crippen LogP contribution in [0.2, 0.25) is 0 Å². The summed E-state index contributed by atoms with van der Waals surface area (Å²) in [5, 5.41) is 9.91. The number of nitrogens with one attached hydrogen (secondary N) is 1. The first-order chi connectivity index (χ1) is 10.7. The molecular weight excluding hydrogens is 289 g/mol. The smallest absolute Gasteiger partial charge is 0.373 e. The zero-order chi connectivity index (χ0) is 15.8. The van der Waals surface area contributed by atoms with E-state index in [0.29, 0.717) is 17.2 Å². The molecule has 0 saturated heterocycles. The molecule has 3 aromatic rings. The fourth-order valence-electron chi connectivity index (χ4n) is 1.78. The van der Waals surface area contributed by atoms with Crippen molar-refractivity contribution in [1.82, 2.24) is 15.4 Å². The Kier molecular flexibility index (Phi) is 5.12. The lowest BCUT2D eigenvalue weighted by molar-refractivity contribution is -0.191. The Bertz CT molecular complexity index is 769. The largest absolute Gasteiger partial charge is 0.436 e. The monoisotopic (exact) mass is 299 g/mol. The second-order valence-electron chi connectivity index (χ2n) is 4.00. The zero-order valence-electron chi connectivity index (χ0n) is 11.2. The molecule has 22 heavy (non-hydrogen) atoms. The van der Waals surface area contributed by atoms with Crippen LogP contribution in [0.3, 0.4) is 0 Å². The quantitative estimate of drug-likeness (QED) is 0.803. The normalized spacial score (nSPS) is 9.32. The Hall–Kier alpha value is -3.31. The molecule has 0 bridgehead atoms. The molecule has 7 heteroatoms. The third kappa shape index (κ3) is 3.84. The number of aromatic nitrogens is 3. The van der Waals surface area contributed by atoms with E-state index in [0.717, 1.165) is 5.56 Å². The molecule has 0 spiro atoms. The number of rotatable bonds is 3. The second-order valence-corrected chi connectivity index (χ2v) is 4.00. The number of nitrogens with zero attached hydrogens (tertiary/aromatic N) is 2. The zero-order valence-corrected chi connectivity index (χ0v) is 11.2. The Balaban J connectivity index is 0.000000545. The number of ether oxygens (including phenoxy) is 1. The Morgan fingerprint density at radius 3 is 2.55 bits per heavy atom. The van der Waals surface area contributed by atoms with Crippen molar-refractivity contribution in [3.63, 3.8) is 0 Å². The van der Waals surface area contributed by atoms with E-state index in [2.05, 4.69) is 15.4 Å². The molecule has 0 radical (unpaired) electrons. The van der Waals surface area contributed by atoms with Gasteiger partial charge in [0.05, 0.1) is 0 Å². The molecule has 0 atom stereocenters. The van der Waals surface area contributed by atoms with E-state index in [4.69, 9.17) is 14.3 Å². The Labute approximate surface area is 124 Å². The van der Waals surface area contributed by atoms with Gasteiger partial charge in [0.25, 0.3) is 5.88 Å². The van der Waals surface area contributed by atoms with Crippen molar-refractivity contribution in [2.45, 2.75) is 0 Å². The van der Waals surface area contributed by atoms with Gasteiger partial charge in [0, 0.05) is 5.56 Å². The number of carbonyl (C=O) groups excluding carboxylic acids is 2. The van der Waals surface area contributed by atoms with Crippen LogP contribution in [0.15, 0.2) is 54.7 Å². The van der Waals surface area contributed by atoms with Crippen LogP contribution < -0.4 is 4.74 Å². The van der Waals surface area contributed by atoms with Gasteiger partial charge in [-0.05, 0) is 23.8 Å². The van der Waals surface area contributed by atoms with Crippen LogP contribution in [0.25, 0.3) is 11.1 Å². The van der Waals surface area contributed by atoms with E-state index in [9.17, 15) is 4.39 Å². The number of aromatic amines is 1. The van der Waals surface area contributed by atoms with E-state index < -0.39 is 0 Å². The highest BCUT2D eigenvalue weighted by atomic mass is 19.1. The van der Waals surface area contributed by atoms with Gasteiger partial charge in [0.2, 0.25) is 0 Å². The molecule has 1 aromatic heterocycles. The van der Waals surface area contributed by atoms with Crippen molar-refractivity contribution in [1.29, 1.82) is 0 Å². The van der Waals surface area contributed by atoms with Crippen molar-refractivity contribution in [2.75, 3.05) is 0 Å². The predicted octanol–water partition coefficient (Wildman–Crippen LogP) is 2.82. The van der Waals surface area contributed by atoms with Gasteiger partial charge >= 0.3 is 6.15 Å². The maximum Gasteiger partial charge on any atom is 0.373 e. The minimum absolute atomic E-state index is 0.250. The third-order valence-corrected chi connectivity index (χ3v) is 2.63. The molecule has 0 fully saturated rings. The summed E-state index contributed by atoms with van der Waals surface area (Å²) in [5.74, 6) is 0.682. The summed E-state index contributed by atoms with van der Waals surface area (Å²) in [4.78, 5) is 16.2.